The Morgan fingerprint density at radius 1 is 1.45 bits per heavy atom. The van der Waals surface area contributed by atoms with Crippen LogP contribution in [0.15, 0.2) is 18.3 Å². The second-order valence-electron chi connectivity index (χ2n) is 6.06. The summed E-state index contributed by atoms with van der Waals surface area (Å²) in [5.74, 6) is -0.114. The number of rotatable bonds is 5. The second-order valence-corrected chi connectivity index (χ2v) is 6.06. The third-order valence-electron chi connectivity index (χ3n) is 4.75. The molecule has 2 aliphatic rings. The molecule has 5 heteroatoms. The van der Waals surface area contributed by atoms with E-state index in [9.17, 15) is 0 Å². The molecule has 0 amide bonds. The van der Waals surface area contributed by atoms with E-state index in [1.165, 1.54) is 0 Å². The molecule has 0 radical (unpaired) electrons. The minimum Gasteiger partial charge on any atom is -0.366 e. The van der Waals surface area contributed by atoms with E-state index in [1.54, 1.807) is 13.3 Å². The van der Waals surface area contributed by atoms with E-state index in [0.717, 1.165) is 25.0 Å². The Labute approximate surface area is 119 Å². The van der Waals surface area contributed by atoms with E-state index < -0.39 is 5.79 Å². The van der Waals surface area contributed by atoms with E-state index >= 15 is 0 Å². The lowest BCUT2D eigenvalue weighted by Crippen LogP contribution is -2.42. The van der Waals surface area contributed by atoms with Gasteiger partial charge in [0.15, 0.2) is 5.79 Å². The Morgan fingerprint density at radius 2 is 2.30 bits per heavy atom. The third kappa shape index (κ3) is 2.14. The maximum Gasteiger partial charge on any atom is 0.195 e. The highest BCUT2D eigenvalue weighted by Crippen LogP contribution is 2.55. The first-order chi connectivity index (χ1) is 9.60. The van der Waals surface area contributed by atoms with Crippen molar-refractivity contribution in [3.8, 4) is 0 Å². The van der Waals surface area contributed by atoms with Crippen LogP contribution < -0.4 is 0 Å². The third-order valence-corrected chi connectivity index (χ3v) is 4.75. The van der Waals surface area contributed by atoms with Gasteiger partial charge in [-0.2, -0.15) is 10.2 Å². The van der Waals surface area contributed by atoms with Gasteiger partial charge in [0.1, 0.15) is 6.10 Å². The highest BCUT2D eigenvalue weighted by Gasteiger charge is 2.63. The number of hydrogen-bond donors (Lipinski definition) is 0. The van der Waals surface area contributed by atoms with Gasteiger partial charge in [-0.3, -0.25) is 0 Å². The second kappa shape index (κ2) is 5.06. The molecule has 2 fully saturated rings. The van der Waals surface area contributed by atoms with Gasteiger partial charge in [0.25, 0.3) is 0 Å². The number of methoxy groups -OCH3 is 1. The van der Waals surface area contributed by atoms with Gasteiger partial charge < -0.3 is 14.2 Å². The fourth-order valence-corrected chi connectivity index (χ4v) is 3.37. The number of aromatic nitrogens is 2. The summed E-state index contributed by atoms with van der Waals surface area (Å²) in [7, 11) is 1.71. The van der Waals surface area contributed by atoms with Crippen LogP contribution in [0.25, 0.3) is 0 Å². The zero-order valence-corrected chi connectivity index (χ0v) is 12.3. The number of ether oxygens (including phenoxy) is 3. The summed E-state index contributed by atoms with van der Waals surface area (Å²) >= 11 is 0. The minimum absolute atomic E-state index is 0.0364. The number of hydrogen-bond acceptors (Lipinski definition) is 5. The van der Waals surface area contributed by atoms with E-state index in [4.69, 9.17) is 14.2 Å². The Balaban J connectivity index is 1.71. The van der Waals surface area contributed by atoms with Crippen LogP contribution in [0.4, 0.5) is 0 Å². The quantitative estimate of drug-likeness (QED) is 0.827. The molecular weight excluding hydrogens is 256 g/mol. The highest BCUT2D eigenvalue weighted by atomic mass is 16.7. The lowest BCUT2D eigenvalue weighted by molar-refractivity contribution is -0.246. The molecular formula is C15H22N2O3. The van der Waals surface area contributed by atoms with Crippen molar-refractivity contribution in [1.82, 2.24) is 10.2 Å². The number of fused-ring (bicyclic) bond motifs is 2. The monoisotopic (exact) mass is 278 g/mol. The van der Waals surface area contributed by atoms with Crippen LogP contribution in [0.1, 0.15) is 38.8 Å². The molecule has 2 bridgehead atoms. The Morgan fingerprint density at radius 3 is 2.95 bits per heavy atom. The molecule has 3 atom stereocenters. The highest BCUT2D eigenvalue weighted by molar-refractivity contribution is 5.08. The topological polar surface area (TPSA) is 53.5 Å². The molecule has 3 heterocycles. The van der Waals surface area contributed by atoms with Crippen molar-refractivity contribution < 1.29 is 14.2 Å². The molecule has 0 aromatic carbocycles. The van der Waals surface area contributed by atoms with Crippen molar-refractivity contribution in [2.45, 2.75) is 57.2 Å². The molecule has 3 rings (SSSR count). The summed E-state index contributed by atoms with van der Waals surface area (Å²) in [5, 5.41) is 7.91. The van der Waals surface area contributed by atoms with Gasteiger partial charge in [-0.25, -0.2) is 0 Å². The van der Waals surface area contributed by atoms with Gasteiger partial charge in [-0.1, -0.05) is 13.8 Å². The van der Waals surface area contributed by atoms with Crippen LogP contribution in [0.5, 0.6) is 0 Å². The van der Waals surface area contributed by atoms with Crippen molar-refractivity contribution in [1.29, 1.82) is 0 Å². The molecule has 110 valence electrons. The molecule has 0 aliphatic carbocycles. The fraction of sp³-hybridized carbons (Fsp3) is 0.733. The van der Waals surface area contributed by atoms with Crippen molar-refractivity contribution in [2.24, 2.45) is 5.92 Å². The molecule has 1 aromatic rings. The first-order valence-corrected chi connectivity index (χ1v) is 7.24. The maximum atomic E-state index is 6.28. The van der Waals surface area contributed by atoms with Crippen LogP contribution in [-0.2, 0) is 20.8 Å². The Bertz CT molecular complexity index is 467. The molecule has 1 aromatic heterocycles. The van der Waals surface area contributed by atoms with Gasteiger partial charge in [-0.15, -0.1) is 0 Å². The van der Waals surface area contributed by atoms with Crippen LogP contribution in [0.2, 0.25) is 0 Å². The van der Waals surface area contributed by atoms with Gasteiger partial charge >= 0.3 is 0 Å². The van der Waals surface area contributed by atoms with Gasteiger partial charge in [-0.05, 0) is 24.5 Å². The van der Waals surface area contributed by atoms with Gasteiger partial charge in [0.05, 0.1) is 17.9 Å². The minimum atomic E-state index is -0.577. The summed E-state index contributed by atoms with van der Waals surface area (Å²) in [6.07, 6.45) is 4.45. The zero-order valence-electron chi connectivity index (χ0n) is 12.3. The predicted octanol–water partition coefficient (Wildman–Crippen LogP) is 2.31. The average Bonchev–Trinajstić information content (AvgIpc) is 3.01. The molecule has 3 unspecified atom stereocenters. The van der Waals surface area contributed by atoms with E-state index in [-0.39, 0.29) is 11.7 Å². The lowest BCUT2D eigenvalue weighted by atomic mass is 9.78. The van der Waals surface area contributed by atoms with Crippen LogP contribution in [-0.4, -0.2) is 34.8 Å². The van der Waals surface area contributed by atoms with Gasteiger partial charge in [0.2, 0.25) is 0 Å². The Kier molecular flexibility index (Phi) is 3.52. The number of nitrogens with zero attached hydrogens (tertiary/aromatic N) is 2. The summed E-state index contributed by atoms with van der Waals surface area (Å²) in [6.45, 7) is 4.86. The maximum absolute atomic E-state index is 6.28. The van der Waals surface area contributed by atoms with E-state index in [2.05, 4.69) is 24.0 Å². The van der Waals surface area contributed by atoms with E-state index in [1.807, 2.05) is 12.1 Å². The summed E-state index contributed by atoms with van der Waals surface area (Å²) in [5.41, 5.74) is 0.739. The Hall–Kier alpha value is -1.04. The molecule has 2 saturated heterocycles. The summed E-state index contributed by atoms with van der Waals surface area (Å²) in [4.78, 5) is 0. The molecule has 20 heavy (non-hydrogen) atoms. The standard InChI is InChI=1S/C15H22N2O3/c1-11(2)14-6-7-15(18-3,20-14)13(9-14)19-10-12-5-4-8-16-17-12/h4-5,8,11,13H,6-7,9-10H2,1-3H3. The van der Waals surface area contributed by atoms with Crippen LogP contribution in [0.3, 0.4) is 0 Å². The predicted molar refractivity (Wildman–Crippen MR) is 72.9 cm³/mol. The molecule has 5 nitrogen and oxygen atoms in total. The fourth-order valence-electron chi connectivity index (χ4n) is 3.37. The average molecular weight is 278 g/mol. The molecule has 0 saturated carbocycles. The van der Waals surface area contributed by atoms with Crippen LogP contribution in [0, 0.1) is 5.92 Å². The van der Waals surface area contributed by atoms with Crippen molar-refractivity contribution >= 4 is 0 Å². The van der Waals surface area contributed by atoms with Gasteiger partial charge in [0, 0.05) is 26.1 Å². The van der Waals surface area contributed by atoms with Crippen molar-refractivity contribution in [3.63, 3.8) is 0 Å². The molecule has 0 spiro atoms. The zero-order chi connectivity index (χ0) is 14.2. The molecule has 2 aliphatic heterocycles. The normalized spacial score (nSPS) is 35.9. The van der Waals surface area contributed by atoms with Crippen LogP contribution >= 0.6 is 0 Å². The largest absolute Gasteiger partial charge is 0.366 e. The van der Waals surface area contributed by atoms with E-state index in [0.29, 0.717) is 12.5 Å². The lowest BCUT2D eigenvalue weighted by Gasteiger charge is -2.32. The SMILES string of the molecule is COC12CCC(C(C)C)(CC1OCc1cccnn1)O2. The van der Waals surface area contributed by atoms with Crippen molar-refractivity contribution in [3.05, 3.63) is 24.0 Å². The summed E-state index contributed by atoms with van der Waals surface area (Å²) < 4.78 is 18.0. The summed E-state index contributed by atoms with van der Waals surface area (Å²) in [6, 6.07) is 3.78. The first kappa shape index (κ1) is 13.9. The smallest absolute Gasteiger partial charge is 0.195 e. The molecule has 0 N–H and O–H groups in total. The van der Waals surface area contributed by atoms with Crippen molar-refractivity contribution in [2.75, 3.05) is 7.11 Å². The first-order valence-electron chi connectivity index (χ1n) is 7.24.